The Morgan fingerprint density at radius 2 is 1.67 bits per heavy atom. The van der Waals surface area contributed by atoms with Crippen molar-refractivity contribution in [3.63, 3.8) is 0 Å². The second-order valence-electron chi connectivity index (χ2n) is 6.69. The number of sulfonamides is 1. The molecule has 1 N–H and O–H groups in total. The minimum atomic E-state index is -3.78. The molecule has 7 heteroatoms. The van der Waals surface area contributed by atoms with Crippen LogP contribution >= 0.6 is 0 Å². The summed E-state index contributed by atoms with van der Waals surface area (Å²) in [5, 5.41) is 0. The van der Waals surface area contributed by atoms with E-state index in [9.17, 15) is 17.6 Å². The Labute approximate surface area is 159 Å². The smallest absolute Gasteiger partial charge is 0.253 e. The number of nitrogens with one attached hydrogen (secondary N) is 1. The first-order valence-electron chi connectivity index (χ1n) is 9.09. The highest BCUT2D eigenvalue weighted by atomic mass is 32.2. The highest BCUT2D eigenvalue weighted by molar-refractivity contribution is 7.89. The number of halogens is 1. The Morgan fingerprint density at radius 3 is 2.33 bits per heavy atom. The summed E-state index contributed by atoms with van der Waals surface area (Å²) in [7, 11) is -3.78. The van der Waals surface area contributed by atoms with Crippen LogP contribution in [0.15, 0.2) is 53.4 Å². The van der Waals surface area contributed by atoms with Gasteiger partial charge in [0.1, 0.15) is 5.82 Å². The fourth-order valence-electron chi connectivity index (χ4n) is 3.12. The van der Waals surface area contributed by atoms with Crippen molar-refractivity contribution >= 4 is 15.9 Å². The third-order valence-electron chi connectivity index (χ3n) is 4.66. The number of rotatable bonds is 5. The Hall–Kier alpha value is -2.25. The van der Waals surface area contributed by atoms with Gasteiger partial charge in [-0.05, 0) is 48.7 Å². The van der Waals surface area contributed by atoms with E-state index in [1.54, 1.807) is 17.0 Å². The molecule has 1 aliphatic rings. The number of nitrogens with zero attached hydrogens (tertiary/aromatic N) is 1. The van der Waals surface area contributed by atoms with Crippen molar-refractivity contribution in [3.05, 3.63) is 65.5 Å². The lowest BCUT2D eigenvalue weighted by molar-refractivity contribution is 0.0761. The first kappa shape index (κ1) is 19.5. The molecule has 1 fully saturated rings. The third kappa shape index (κ3) is 5.14. The van der Waals surface area contributed by atoms with E-state index < -0.39 is 10.0 Å². The summed E-state index contributed by atoms with van der Waals surface area (Å²) in [5.41, 5.74) is 1.03. The lowest BCUT2D eigenvalue weighted by atomic mass is 10.2. The van der Waals surface area contributed by atoms with E-state index in [1.165, 1.54) is 36.4 Å². The highest BCUT2D eigenvalue weighted by Gasteiger charge is 2.20. The van der Waals surface area contributed by atoms with Gasteiger partial charge in [0.15, 0.2) is 0 Å². The lowest BCUT2D eigenvalue weighted by Gasteiger charge is -2.20. The van der Waals surface area contributed by atoms with E-state index in [0.717, 1.165) is 25.7 Å². The molecule has 1 aliphatic heterocycles. The molecule has 27 heavy (non-hydrogen) atoms. The molecule has 1 amide bonds. The second-order valence-corrected chi connectivity index (χ2v) is 8.45. The molecule has 0 atom stereocenters. The number of benzene rings is 2. The fourth-order valence-corrected chi connectivity index (χ4v) is 4.18. The van der Waals surface area contributed by atoms with E-state index in [2.05, 4.69) is 4.72 Å². The van der Waals surface area contributed by atoms with Crippen LogP contribution in [0.25, 0.3) is 0 Å². The normalized spacial score (nSPS) is 15.4. The zero-order valence-electron chi connectivity index (χ0n) is 15.0. The van der Waals surface area contributed by atoms with Crippen LogP contribution in [0.2, 0.25) is 0 Å². The lowest BCUT2D eigenvalue weighted by Crippen LogP contribution is -2.32. The molecule has 0 bridgehead atoms. The third-order valence-corrected chi connectivity index (χ3v) is 6.06. The molecule has 1 heterocycles. The summed E-state index contributed by atoms with van der Waals surface area (Å²) in [6.07, 6.45) is 4.18. The topological polar surface area (TPSA) is 66.5 Å². The molecule has 1 saturated heterocycles. The summed E-state index contributed by atoms with van der Waals surface area (Å²) in [5.74, 6) is -0.506. The van der Waals surface area contributed by atoms with Gasteiger partial charge < -0.3 is 4.90 Å². The van der Waals surface area contributed by atoms with Gasteiger partial charge in [-0.1, -0.05) is 31.0 Å². The van der Waals surface area contributed by atoms with Gasteiger partial charge in [0.2, 0.25) is 10.0 Å². The average Bonchev–Trinajstić information content (AvgIpc) is 2.97. The summed E-state index contributed by atoms with van der Waals surface area (Å²) >= 11 is 0. The van der Waals surface area contributed by atoms with Crippen molar-refractivity contribution in [2.75, 3.05) is 13.1 Å². The first-order valence-corrected chi connectivity index (χ1v) is 10.6. The SMILES string of the molecule is O=C(c1cccc(S(=O)(=O)NCc2ccc(F)cc2)c1)N1CCCCCC1. The second kappa shape index (κ2) is 8.63. The summed E-state index contributed by atoms with van der Waals surface area (Å²) in [4.78, 5) is 14.6. The monoisotopic (exact) mass is 390 g/mol. The van der Waals surface area contributed by atoms with E-state index in [-0.39, 0.29) is 23.2 Å². The van der Waals surface area contributed by atoms with E-state index >= 15 is 0 Å². The number of hydrogen-bond donors (Lipinski definition) is 1. The maximum absolute atomic E-state index is 13.0. The van der Waals surface area contributed by atoms with Crippen LogP contribution in [0.3, 0.4) is 0 Å². The van der Waals surface area contributed by atoms with Crippen molar-refractivity contribution in [1.82, 2.24) is 9.62 Å². The van der Waals surface area contributed by atoms with E-state index in [0.29, 0.717) is 24.2 Å². The molecule has 3 rings (SSSR count). The zero-order valence-corrected chi connectivity index (χ0v) is 15.8. The molecule has 0 unspecified atom stereocenters. The molecule has 0 saturated carbocycles. The van der Waals surface area contributed by atoms with Gasteiger partial charge in [0.05, 0.1) is 4.90 Å². The van der Waals surface area contributed by atoms with Crippen LogP contribution in [-0.2, 0) is 16.6 Å². The van der Waals surface area contributed by atoms with Gasteiger partial charge in [0.25, 0.3) is 5.91 Å². The fraction of sp³-hybridized carbons (Fsp3) is 0.350. The van der Waals surface area contributed by atoms with Gasteiger partial charge in [-0.15, -0.1) is 0 Å². The van der Waals surface area contributed by atoms with Crippen molar-refractivity contribution in [2.45, 2.75) is 37.1 Å². The van der Waals surface area contributed by atoms with Gasteiger partial charge in [-0.25, -0.2) is 17.5 Å². The molecular formula is C20H23FN2O3S. The van der Waals surface area contributed by atoms with Crippen LogP contribution in [0, 0.1) is 5.82 Å². The summed E-state index contributed by atoms with van der Waals surface area (Å²) in [6.45, 7) is 1.46. The Balaban J connectivity index is 1.73. The highest BCUT2D eigenvalue weighted by Crippen LogP contribution is 2.17. The van der Waals surface area contributed by atoms with Gasteiger partial charge >= 0.3 is 0 Å². The van der Waals surface area contributed by atoms with Gasteiger partial charge in [-0.2, -0.15) is 0 Å². The summed E-state index contributed by atoms with van der Waals surface area (Å²) in [6, 6.07) is 11.7. The van der Waals surface area contributed by atoms with Crippen LogP contribution in [-0.4, -0.2) is 32.3 Å². The van der Waals surface area contributed by atoms with Crippen LogP contribution < -0.4 is 4.72 Å². The number of hydrogen-bond acceptors (Lipinski definition) is 3. The van der Waals surface area contributed by atoms with Crippen molar-refractivity contribution < 1.29 is 17.6 Å². The Morgan fingerprint density at radius 1 is 1.00 bits per heavy atom. The molecule has 0 aliphatic carbocycles. The average molecular weight is 390 g/mol. The maximum Gasteiger partial charge on any atom is 0.253 e. The first-order chi connectivity index (χ1) is 13.0. The quantitative estimate of drug-likeness (QED) is 0.852. The predicted molar refractivity (Wildman–Crippen MR) is 101 cm³/mol. The minimum Gasteiger partial charge on any atom is -0.339 e. The van der Waals surface area contributed by atoms with Crippen LogP contribution in [0.1, 0.15) is 41.6 Å². The molecule has 0 spiro atoms. The van der Waals surface area contributed by atoms with E-state index in [4.69, 9.17) is 0 Å². The number of likely N-dealkylation sites (tertiary alicyclic amines) is 1. The largest absolute Gasteiger partial charge is 0.339 e. The number of amides is 1. The van der Waals surface area contributed by atoms with Crippen LogP contribution in [0.4, 0.5) is 4.39 Å². The van der Waals surface area contributed by atoms with Crippen molar-refractivity contribution in [3.8, 4) is 0 Å². The predicted octanol–water partition coefficient (Wildman–Crippen LogP) is 3.32. The van der Waals surface area contributed by atoms with Crippen LogP contribution in [0.5, 0.6) is 0 Å². The zero-order chi connectivity index (χ0) is 19.3. The molecule has 0 radical (unpaired) electrons. The number of carbonyl (C=O) groups is 1. The molecular weight excluding hydrogens is 367 g/mol. The van der Waals surface area contributed by atoms with Crippen molar-refractivity contribution in [2.24, 2.45) is 0 Å². The molecule has 0 aromatic heterocycles. The summed E-state index contributed by atoms with van der Waals surface area (Å²) < 4.78 is 40.6. The minimum absolute atomic E-state index is 0.0466. The van der Waals surface area contributed by atoms with Gasteiger partial charge in [0, 0.05) is 25.2 Å². The Kier molecular flexibility index (Phi) is 6.23. The molecule has 2 aromatic rings. The van der Waals surface area contributed by atoms with Gasteiger partial charge in [-0.3, -0.25) is 4.79 Å². The number of carbonyl (C=O) groups excluding carboxylic acids is 1. The molecule has 2 aromatic carbocycles. The van der Waals surface area contributed by atoms with E-state index in [1.807, 2.05) is 0 Å². The van der Waals surface area contributed by atoms with Crippen molar-refractivity contribution in [1.29, 1.82) is 0 Å². The maximum atomic E-state index is 13.0. The molecule has 144 valence electrons. The molecule has 5 nitrogen and oxygen atoms in total. The standard InChI is InChI=1S/C20H23FN2O3S/c21-18-10-8-16(9-11-18)15-22-27(25,26)19-7-5-6-17(14-19)20(24)23-12-3-1-2-4-13-23/h5-11,14,22H,1-4,12-13,15H2. The Bertz CT molecular complexity index is 890.